The van der Waals surface area contributed by atoms with Crippen LogP contribution in [0.3, 0.4) is 0 Å². The van der Waals surface area contributed by atoms with Crippen LogP contribution in [0, 0.1) is 12.7 Å². The SMILES string of the molecule is COCCN1C(=O)C(=O)/C(=C(/O)c2ccc(OC)c(C)c2)C1c1cccc(OCc2ccc(F)cc2)c1. The topological polar surface area (TPSA) is 85.3 Å². The number of ether oxygens (including phenoxy) is 3. The largest absolute Gasteiger partial charge is 0.507 e. The van der Waals surface area contributed by atoms with Gasteiger partial charge in [-0.2, -0.15) is 0 Å². The number of benzene rings is 3. The van der Waals surface area contributed by atoms with Gasteiger partial charge in [0.05, 0.1) is 25.3 Å². The van der Waals surface area contributed by atoms with Crippen LogP contribution in [0.15, 0.2) is 72.3 Å². The summed E-state index contributed by atoms with van der Waals surface area (Å²) in [6, 6.07) is 17.2. The molecule has 1 aliphatic rings. The van der Waals surface area contributed by atoms with Crippen LogP contribution in [0.5, 0.6) is 11.5 Å². The number of amides is 1. The molecule has 1 amide bonds. The van der Waals surface area contributed by atoms with Gasteiger partial charge in [0.2, 0.25) is 0 Å². The summed E-state index contributed by atoms with van der Waals surface area (Å²) in [5.74, 6) is -0.953. The van der Waals surface area contributed by atoms with E-state index >= 15 is 0 Å². The van der Waals surface area contributed by atoms with Crippen molar-refractivity contribution in [2.45, 2.75) is 19.6 Å². The van der Waals surface area contributed by atoms with Gasteiger partial charge in [-0.05, 0) is 66.1 Å². The quantitative estimate of drug-likeness (QED) is 0.256. The van der Waals surface area contributed by atoms with E-state index in [0.717, 1.165) is 11.1 Å². The Balaban J connectivity index is 1.73. The van der Waals surface area contributed by atoms with Crippen molar-refractivity contribution in [3.63, 3.8) is 0 Å². The number of Topliss-reactive ketones (excluding diaryl/α,β-unsaturated/α-hetero) is 1. The summed E-state index contributed by atoms with van der Waals surface area (Å²) in [4.78, 5) is 27.6. The van der Waals surface area contributed by atoms with Crippen LogP contribution < -0.4 is 9.47 Å². The summed E-state index contributed by atoms with van der Waals surface area (Å²) in [6.45, 7) is 2.40. The molecule has 8 heteroatoms. The van der Waals surface area contributed by atoms with Gasteiger partial charge in [-0.15, -0.1) is 0 Å². The van der Waals surface area contributed by atoms with Gasteiger partial charge in [-0.3, -0.25) is 9.59 Å². The van der Waals surface area contributed by atoms with Crippen molar-refractivity contribution in [1.82, 2.24) is 4.90 Å². The van der Waals surface area contributed by atoms with E-state index in [-0.39, 0.29) is 36.9 Å². The Morgan fingerprint density at radius 1 is 1.03 bits per heavy atom. The second-order valence-electron chi connectivity index (χ2n) is 8.66. The molecule has 0 aromatic heterocycles. The zero-order chi connectivity index (χ0) is 26.5. The third kappa shape index (κ3) is 5.49. The van der Waals surface area contributed by atoms with E-state index in [1.165, 1.54) is 24.1 Å². The lowest BCUT2D eigenvalue weighted by molar-refractivity contribution is -0.140. The lowest BCUT2D eigenvalue weighted by atomic mass is 9.94. The molecule has 192 valence electrons. The molecule has 1 saturated heterocycles. The summed E-state index contributed by atoms with van der Waals surface area (Å²) >= 11 is 0. The molecule has 0 radical (unpaired) electrons. The molecule has 1 fully saturated rings. The zero-order valence-corrected chi connectivity index (χ0v) is 20.9. The number of hydrogen-bond acceptors (Lipinski definition) is 6. The van der Waals surface area contributed by atoms with Crippen LogP contribution >= 0.6 is 0 Å². The summed E-state index contributed by atoms with van der Waals surface area (Å²) in [7, 11) is 3.06. The number of aliphatic hydroxyl groups is 1. The smallest absolute Gasteiger partial charge is 0.295 e. The van der Waals surface area contributed by atoms with E-state index in [1.807, 2.05) is 6.92 Å². The van der Waals surface area contributed by atoms with Gasteiger partial charge in [0.25, 0.3) is 11.7 Å². The number of hydrogen-bond donors (Lipinski definition) is 1. The van der Waals surface area contributed by atoms with Gasteiger partial charge in [0, 0.05) is 19.2 Å². The van der Waals surface area contributed by atoms with Crippen molar-refractivity contribution in [3.8, 4) is 11.5 Å². The minimum absolute atomic E-state index is 0.0126. The molecule has 1 unspecified atom stereocenters. The van der Waals surface area contributed by atoms with Gasteiger partial charge in [-0.25, -0.2) is 4.39 Å². The maximum absolute atomic E-state index is 13.2. The molecule has 1 N–H and O–H groups in total. The van der Waals surface area contributed by atoms with Crippen molar-refractivity contribution in [2.24, 2.45) is 0 Å². The maximum atomic E-state index is 13.2. The molecule has 0 saturated carbocycles. The predicted molar refractivity (Wildman–Crippen MR) is 136 cm³/mol. The molecular formula is C29H28FNO6. The second kappa shape index (κ2) is 11.3. The number of rotatable bonds is 9. The Labute approximate surface area is 214 Å². The highest BCUT2D eigenvalue weighted by molar-refractivity contribution is 6.46. The first-order valence-corrected chi connectivity index (χ1v) is 11.7. The average Bonchev–Trinajstić information content (AvgIpc) is 3.16. The zero-order valence-electron chi connectivity index (χ0n) is 20.9. The molecule has 7 nitrogen and oxygen atoms in total. The fourth-order valence-electron chi connectivity index (χ4n) is 4.35. The van der Waals surface area contributed by atoms with E-state index in [4.69, 9.17) is 14.2 Å². The maximum Gasteiger partial charge on any atom is 0.295 e. The number of ketones is 1. The summed E-state index contributed by atoms with van der Waals surface area (Å²) in [5, 5.41) is 11.3. The molecule has 1 atom stereocenters. The van der Waals surface area contributed by atoms with Gasteiger partial charge >= 0.3 is 0 Å². The molecule has 3 aromatic rings. The average molecular weight is 506 g/mol. The van der Waals surface area contributed by atoms with E-state index in [9.17, 15) is 19.1 Å². The Morgan fingerprint density at radius 3 is 2.46 bits per heavy atom. The predicted octanol–water partition coefficient (Wildman–Crippen LogP) is 4.79. The number of aliphatic hydroxyl groups excluding tert-OH is 1. The molecule has 1 aliphatic heterocycles. The van der Waals surface area contributed by atoms with Crippen LogP contribution in [-0.4, -0.2) is 49.1 Å². The number of halogens is 1. The number of aryl methyl sites for hydroxylation is 1. The normalized spacial score (nSPS) is 16.8. The highest BCUT2D eigenvalue weighted by Crippen LogP contribution is 2.40. The Morgan fingerprint density at radius 2 is 1.78 bits per heavy atom. The molecule has 4 rings (SSSR count). The highest BCUT2D eigenvalue weighted by Gasteiger charge is 2.46. The Bertz CT molecular complexity index is 1330. The first kappa shape index (κ1) is 25.9. The van der Waals surface area contributed by atoms with Crippen molar-refractivity contribution in [3.05, 3.63) is 100 Å². The third-order valence-corrected chi connectivity index (χ3v) is 6.24. The number of carbonyl (C=O) groups excluding carboxylic acids is 2. The van der Waals surface area contributed by atoms with Gasteiger partial charge in [0.15, 0.2) is 0 Å². The van der Waals surface area contributed by atoms with Gasteiger partial charge in [0.1, 0.15) is 29.7 Å². The highest BCUT2D eigenvalue weighted by atomic mass is 19.1. The van der Waals surface area contributed by atoms with Crippen LogP contribution in [0.1, 0.15) is 28.3 Å². The lowest BCUT2D eigenvalue weighted by Gasteiger charge is -2.25. The molecule has 0 bridgehead atoms. The number of carbonyl (C=O) groups is 2. The van der Waals surface area contributed by atoms with Crippen LogP contribution in [-0.2, 0) is 20.9 Å². The van der Waals surface area contributed by atoms with E-state index in [1.54, 1.807) is 61.7 Å². The monoisotopic (exact) mass is 505 g/mol. The molecule has 0 spiro atoms. The van der Waals surface area contributed by atoms with Crippen molar-refractivity contribution >= 4 is 17.4 Å². The van der Waals surface area contributed by atoms with Crippen molar-refractivity contribution < 1.29 is 33.3 Å². The molecule has 0 aliphatic carbocycles. The Kier molecular flexibility index (Phi) is 7.89. The molecule has 37 heavy (non-hydrogen) atoms. The first-order valence-electron chi connectivity index (χ1n) is 11.7. The van der Waals surface area contributed by atoms with Crippen LogP contribution in [0.2, 0.25) is 0 Å². The minimum Gasteiger partial charge on any atom is -0.507 e. The minimum atomic E-state index is -0.841. The molecular weight excluding hydrogens is 477 g/mol. The fraction of sp³-hybridized carbons (Fsp3) is 0.241. The fourth-order valence-corrected chi connectivity index (χ4v) is 4.35. The molecule has 1 heterocycles. The van der Waals surface area contributed by atoms with E-state index in [2.05, 4.69) is 0 Å². The van der Waals surface area contributed by atoms with Gasteiger partial charge in [-0.1, -0.05) is 24.3 Å². The first-order chi connectivity index (χ1) is 17.8. The summed E-state index contributed by atoms with van der Waals surface area (Å²) < 4.78 is 29.6. The molecule has 3 aromatic carbocycles. The Hall–Kier alpha value is -4.17. The number of likely N-dealkylation sites (tertiary alicyclic amines) is 1. The van der Waals surface area contributed by atoms with Crippen LogP contribution in [0.25, 0.3) is 5.76 Å². The van der Waals surface area contributed by atoms with Crippen molar-refractivity contribution in [1.29, 1.82) is 0 Å². The number of methoxy groups -OCH3 is 2. The standard InChI is InChI=1S/C29H28FNO6/c1-18-15-21(9-12-24(18)36-3)27(32)25-26(31(13-14-35-2)29(34)28(25)33)20-5-4-6-23(16-20)37-17-19-7-10-22(30)11-8-19/h4-12,15-16,26,32H,13-14,17H2,1-3H3/b27-25+. The van der Waals surface area contributed by atoms with E-state index in [0.29, 0.717) is 22.6 Å². The second-order valence-corrected chi connectivity index (χ2v) is 8.66. The lowest BCUT2D eigenvalue weighted by Crippen LogP contribution is -2.32. The summed E-state index contributed by atoms with van der Waals surface area (Å²) in [5.41, 5.74) is 2.54. The van der Waals surface area contributed by atoms with E-state index < -0.39 is 17.7 Å². The van der Waals surface area contributed by atoms with Crippen LogP contribution in [0.4, 0.5) is 4.39 Å². The summed E-state index contributed by atoms with van der Waals surface area (Å²) in [6.07, 6.45) is 0. The van der Waals surface area contributed by atoms with Crippen molar-refractivity contribution in [2.75, 3.05) is 27.4 Å². The third-order valence-electron chi connectivity index (χ3n) is 6.24. The van der Waals surface area contributed by atoms with Gasteiger partial charge < -0.3 is 24.2 Å². The number of nitrogens with zero attached hydrogens (tertiary/aromatic N) is 1.